The van der Waals surface area contributed by atoms with Crippen LogP contribution < -0.4 is 14.8 Å². The number of likely N-dealkylation sites (N-methyl/N-ethyl adjacent to an activating group) is 1. The topological polar surface area (TPSA) is 88.2 Å². The highest BCUT2D eigenvalue weighted by Crippen LogP contribution is 2.32. The van der Waals surface area contributed by atoms with Gasteiger partial charge in [0.1, 0.15) is 18.1 Å². The van der Waals surface area contributed by atoms with Crippen molar-refractivity contribution in [3.05, 3.63) is 47.5 Å². The third-order valence-electron chi connectivity index (χ3n) is 5.32. The van der Waals surface area contributed by atoms with Gasteiger partial charge in [-0.3, -0.25) is 4.79 Å². The first-order valence-electron chi connectivity index (χ1n) is 10.6. The monoisotopic (exact) mass is 461 g/mol. The van der Waals surface area contributed by atoms with E-state index >= 15 is 0 Å². The van der Waals surface area contributed by atoms with Gasteiger partial charge >= 0.3 is 0 Å². The van der Waals surface area contributed by atoms with Crippen molar-refractivity contribution < 1.29 is 22.7 Å². The molecule has 0 bridgehead atoms. The molecule has 1 aliphatic rings. The van der Waals surface area contributed by atoms with E-state index < -0.39 is 10.0 Å². The molecule has 174 valence electrons. The number of hydrogen-bond donors (Lipinski definition) is 1. The van der Waals surface area contributed by atoms with E-state index in [2.05, 4.69) is 5.32 Å². The van der Waals surface area contributed by atoms with Crippen LogP contribution >= 0.6 is 0 Å². The molecule has 1 N–H and O–H groups in total. The van der Waals surface area contributed by atoms with Crippen LogP contribution in [0.25, 0.3) is 0 Å². The van der Waals surface area contributed by atoms with Crippen molar-refractivity contribution in [2.75, 3.05) is 52.8 Å². The van der Waals surface area contributed by atoms with Gasteiger partial charge in [-0.25, -0.2) is 8.42 Å². The van der Waals surface area contributed by atoms with Gasteiger partial charge in [-0.2, -0.15) is 4.31 Å². The number of rotatable bonds is 9. The summed E-state index contributed by atoms with van der Waals surface area (Å²) in [6.07, 6.45) is 0.661. The van der Waals surface area contributed by atoms with Crippen molar-refractivity contribution in [1.82, 2.24) is 9.21 Å². The van der Waals surface area contributed by atoms with Gasteiger partial charge < -0.3 is 19.7 Å². The SMILES string of the molecule is COc1cc(C)c2c(c1)CCN(CCC(=O)Nc1ccc(OCCN(C)C)cc1)S2(=O)=O. The Bertz CT molecular complexity index is 1050. The maximum absolute atomic E-state index is 13.1. The summed E-state index contributed by atoms with van der Waals surface area (Å²) in [5.41, 5.74) is 2.06. The number of hydrogen-bond acceptors (Lipinski definition) is 6. The predicted octanol–water partition coefficient (Wildman–Crippen LogP) is 2.52. The fourth-order valence-electron chi connectivity index (χ4n) is 3.64. The number of amides is 1. The van der Waals surface area contributed by atoms with Gasteiger partial charge in [0.25, 0.3) is 0 Å². The number of benzene rings is 2. The standard InChI is InChI=1S/C23H31N3O5S/c1-17-15-21(30-4)16-18-9-11-26(32(28,29)23(17)18)12-10-22(27)24-19-5-7-20(8-6-19)31-14-13-25(2)3/h5-8,15-16H,9-14H2,1-4H3,(H,24,27). The highest BCUT2D eigenvalue weighted by Gasteiger charge is 2.33. The number of nitrogens with one attached hydrogen (secondary N) is 1. The number of aryl methyl sites for hydroxylation is 1. The summed E-state index contributed by atoms with van der Waals surface area (Å²) in [5.74, 6) is 1.15. The van der Waals surface area contributed by atoms with Crippen molar-refractivity contribution >= 4 is 21.6 Å². The van der Waals surface area contributed by atoms with Crippen LogP contribution in [0.15, 0.2) is 41.3 Å². The van der Waals surface area contributed by atoms with Crippen LogP contribution in [-0.2, 0) is 21.2 Å². The molecule has 1 amide bonds. The normalized spacial score (nSPS) is 15.3. The Balaban J connectivity index is 1.56. The quantitative estimate of drug-likeness (QED) is 0.617. The number of methoxy groups -OCH3 is 1. The Kier molecular flexibility index (Phi) is 7.76. The minimum atomic E-state index is -3.65. The van der Waals surface area contributed by atoms with Crippen LogP contribution in [0.4, 0.5) is 5.69 Å². The smallest absolute Gasteiger partial charge is 0.243 e. The zero-order valence-corrected chi connectivity index (χ0v) is 19.9. The van der Waals surface area contributed by atoms with E-state index in [0.717, 1.165) is 17.9 Å². The molecule has 1 heterocycles. The second-order valence-corrected chi connectivity index (χ2v) is 9.94. The van der Waals surface area contributed by atoms with Gasteiger partial charge in [-0.05, 0) is 75.0 Å². The van der Waals surface area contributed by atoms with Crippen molar-refractivity contribution in [2.24, 2.45) is 0 Å². The lowest BCUT2D eigenvalue weighted by molar-refractivity contribution is -0.116. The summed E-state index contributed by atoms with van der Waals surface area (Å²) in [4.78, 5) is 14.8. The molecule has 2 aromatic rings. The molecule has 2 aromatic carbocycles. The van der Waals surface area contributed by atoms with Crippen LogP contribution in [-0.4, -0.2) is 71.0 Å². The van der Waals surface area contributed by atoms with E-state index in [1.54, 1.807) is 50.4 Å². The number of nitrogens with zero attached hydrogens (tertiary/aromatic N) is 2. The molecule has 0 saturated carbocycles. The second-order valence-electron chi connectivity index (χ2n) is 8.06. The van der Waals surface area contributed by atoms with Gasteiger partial charge in [0.15, 0.2) is 0 Å². The minimum absolute atomic E-state index is 0.0743. The summed E-state index contributed by atoms with van der Waals surface area (Å²) in [7, 11) is 1.88. The third-order valence-corrected chi connectivity index (χ3v) is 7.47. The number of ether oxygens (including phenoxy) is 2. The Labute approximate surface area is 190 Å². The first-order valence-corrected chi connectivity index (χ1v) is 12.0. The number of carbonyl (C=O) groups excluding carboxylic acids is 1. The molecule has 0 radical (unpaired) electrons. The van der Waals surface area contributed by atoms with E-state index in [4.69, 9.17) is 9.47 Å². The van der Waals surface area contributed by atoms with Crippen LogP contribution in [0.1, 0.15) is 17.5 Å². The number of carbonyl (C=O) groups is 1. The van der Waals surface area contributed by atoms with Gasteiger partial charge in [-0.1, -0.05) is 0 Å². The van der Waals surface area contributed by atoms with Crippen molar-refractivity contribution in [2.45, 2.75) is 24.7 Å². The summed E-state index contributed by atoms with van der Waals surface area (Å²) in [6, 6.07) is 10.6. The van der Waals surface area contributed by atoms with E-state index in [1.165, 1.54) is 4.31 Å². The molecule has 0 aromatic heterocycles. The fraction of sp³-hybridized carbons (Fsp3) is 0.435. The molecular weight excluding hydrogens is 430 g/mol. The summed E-state index contributed by atoms with van der Waals surface area (Å²) in [6.45, 7) is 3.63. The molecule has 8 nitrogen and oxygen atoms in total. The lowest BCUT2D eigenvalue weighted by Crippen LogP contribution is -2.39. The number of fused-ring (bicyclic) bond motifs is 1. The van der Waals surface area contributed by atoms with E-state index in [1.807, 2.05) is 19.0 Å². The Morgan fingerprint density at radius 1 is 1.16 bits per heavy atom. The molecule has 0 unspecified atom stereocenters. The molecule has 0 saturated heterocycles. The molecule has 0 spiro atoms. The Morgan fingerprint density at radius 3 is 2.53 bits per heavy atom. The zero-order chi connectivity index (χ0) is 23.3. The van der Waals surface area contributed by atoms with Crippen molar-refractivity contribution in [3.8, 4) is 11.5 Å². The van der Waals surface area contributed by atoms with Gasteiger partial charge in [-0.15, -0.1) is 0 Å². The van der Waals surface area contributed by atoms with E-state index in [0.29, 0.717) is 41.5 Å². The van der Waals surface area contributed by atoms with Gasteiger partial charge in [0, 0.05) is 31.7 Å². The molecule has 9 heteroatoms. The maximum atomic E-state index is 13.1. The summed E-state index contributed by atoms with van der Waals surface area (Å²) >= 11 is 0. The Morgan fingerprint density at radius 2 is 1.88 bits per heavy atom. The molecule has 1 aliphatic heterocycles. The summed E-state index contributed by atoms with van der Waals surface area (Å²) < 4.78 is 38.5. The predicted molar refractivity (Wildman–Crippen MR) is 124 cm³/mol. The summed E-state index contributed by atoms with van der Waals surface area (Å²) in [5, 5.41) is 2.82. The first kappa shape index (κ1) is 24.0. The first-order chi connectivity index (χ1) is 15.2. The molecule has 0 aliphatic carbocycles. The number of anilines is 1. The molecule has 0 atom stereocenters. The van der Waals surface area contributed by atoms with E-state index in [9.17, 15) is 13.2 Å². The lowest BCUT2D eigenvalue weighted by atomic mass is 10.1. The third kappa shape index (κ3) is 5.79. The Hall–Kier alpha value is -2.62. The second kappa shape index (κ2) is 10.3. The molecule has 0 fully saturated rings. The van der Waals surface area contributed by atoms with Gasteiger partial charge in [0.2, 0.25) is 15.9 Å². The van der Waals surface area contributed by atoms with Crippen LogP contribution in [0, 0.1) is 6.92 Å². The number of sulfonamides is 1. The fourth-order valence-corrected chi connectivity index (χ4v) is 5.52. The largest absolute Gasteiger partial charge is 0.497 e. The average molecular weight is 462 g/mol. The minimum Gasteiger partial charge on any atom is -0.497 e. The maximum Gasteiger partial charge on any atom is 0.243 e. The molecule has 32 heavy (non-hydrogen) atoms. The van der Waals surface area contributed by atoms with Crippen LogP contribution in [0.3, 0.4) is 0 Å². The highest BCUT2D eigenvalue weighted by atomic mass is 32.2. The lowest BCUT2D eigenvalue weighted by Gasteiger charge is -2.29. The van der Waals surface area contributed by atoms with Gasteiger partial charge in [0.05, 0.1) is 12.0 Å². The molecule has 3 rings (SSSR count). The van der Waals surface area contributed by atoms with Crippen LogP contribution in [0.2, 0.25) is 0 Å². The van der Waals surface area contributed by atoms with Crippen LogP contribution in [0.5, 0.6) is 11.5 Å². The van der Waals surface area contributed by atoms with Crippen molar-refractivity contribution in [1.29, 1.82) is 0 Å². The highest BCUT2D eigenvalue weighted by molar-refractivity contribution is 7.89. The van der Waals surface area contributed by atoms with Crippen molar-refractivity contribution in [3.63, 3.8) is 0 Å². The van der Waals surface area contributed by atoms with E-state index in [-0.39, 0.29) is 18.9 Å². The zero-order valence-electron chi connectivity index (χ0n) is 19.1. The average Bonchev–Trinajstić information content (AvgIpc) is 2.73. The molecular formula is C23H31N3O5S.